The van der Waals surface area contributed by atoms with Crippen LogP contribution in [-0.2, 0) is 9.53 Å². The van der Waals surface area contributed by atoms with E-state index in [1.54, 1.807) is 0 Å². The maximum atomic E-state index is 12.6. The molecule has 1 aromatic rings. The van der Waals surface area contributed by atoms with Crippen molar-refractivity contribution >= 4 is 17.7 Å². The number of methoxy groups -OCH3 is 1. The molecule has 0 radical (unpaired) electrons. The van der Waals surface area contributed by atoms with Gasteiger partial charge in [-0.15, -0.1) is 0 Å². The lowest BCUT2D eigenvalue weighted by molar-refractivity contribution is -0.142. The van der Waals surface area contributed by atoms with E-state index in [2.05, 4.69) is 15.4 Å². The predicted octanol–water partition coefficient (Wildman–Crippen LogP) is 1.51. The minimum Gasteiger partial charge on any atom is -0.467 e. The molecule has 0 saturated heterocycles. The highest BCUT2D eigenvalue weighted by atomic mass is 19.1. The molecule has 2 amide bonds. The Balaban J connectivity index is 2.50. The summed E-state index contributed by atoms with van der Waals surface area (Å²) in [7, 11) is 1.23. The van der Waals surface area contributed by atoms with E-state index in [0.29, 0.717) is 5.69 Å². The van der Waals surface area contributed by atoms with Crippen molar-refractivity contribution in [3.8, 4) is 0 Å². The Labute approximate surface area is 98.0 Å². The van der Waals surface area contributed by atoms with Gasteiger partial charge in [0.25, 0.3) is 0 Å². The molecule has 92 valence electrons. The number of amides is 2. The van der Waals surface area contributed by atoms with Gasteiger partial charge in [-0.1, -0.05) is 0 Å². The third-order valence-electron chi connectivity index (χ3n) is 2.00. The van der Waals surface area contributed by atoms with E-state index in [0.717, 1.165) is 0 Å². The van der Waals surface area contributed by atoms with Crippen molar-refractivity contribution in [2.75, 3.05) is 12.4 Å². The minimum absolute atomic E-state index is 0.390. The number of ether oxygens (including phenoxy) is 1. The van der Waals surface area contributed by atoms with Crippen LogP contribution in [0.2, 0.25) is 0 Å². The largest absolute Gasteiger partial charge is 0.467 e. The lowest BCUT2D eigenvalue weighted by Gasteiger charge is -2.12. The number of anilines is 1. The third-order valence-corrected chi connectivity index (χ3v) is 2.00. The van der Waals surface area contributed by atoms with Gasteiger partial charge in [0.05, 0.1) is 7.11 Å². The van der Waals surface area contributed by atoms with Crippen LogP contribution in [0.1, 0.15) is 6.92 Å². The molecule has 1 aromatic carbocycles. The van der Waals surface area contributed by atoms with E-state index < -0.39 is 18.0 Å². The molecule has 0 fully saturated rings. The lowest BCUT2D eigenvalue weighted by Crippen LogP contribution is -2.41. The van der Waals surface area contributed by atoms with Gasteiger partial charge in [0.2, 0.25) is 0 Å². The minimum atomic E-state index is -0.750. The molecule has 0 unspecified atom stereocenters. The van der Waals surface area contributed by atoms with Crippen LogP contribution in [0.5, 0.6) is 0 Å². The number of esters is 1. The summed E-state index contributed by atoms with van der Waals surface area (Å²) in [5.41, 5.74) is 0.431. The van der Waals surface area contributed by atoms with E-state index in [-0.39, 0.29) is 5.82 Å². The Kier molecular flexibility index (Phi) is 4.45. The fraction of sp³-hybridized carbons (Fsp3) is 0.273. The van der Waals surface area contributed by atoms with Gasteiger partial charge in [0.1, 0.15) is 11.9 Å². The molecular formula is C11H13FN2O3. The Morgan fingerprint density at radius 2 is 1.88 bits per heavy atom. The molecule has 0 aliphatic rings. The van der Waals surface area contributed by atoms with Crippen molar-refractivity contribution in [1.29, 1.82) is 0 Å². The average Bonchev–Trinajstić information content (AvgIpc) is 2.30. The second kappa shape index (κ2) is 5.83. The first-order valence-electron chi connectivity index (χ1n) is 4.94. The van der Waals surface area contributed by atoms with Crippen molar-refractivity contribution in [2.24, 2.45) is 0 Å². The fourth-order valence-corrected chi connectivity index (χ4v) is 1.13. The molecule has 1 atom stereocenters. The Morgan fingerprint density at radius 1 is 1.29 bits per heavy atom. The van der Waals surface area contributed by atoms with Crippen LogP contribution in [0.3, 0.4) is 0 Å². The van der Waals surface area contributed by atoms with Crippen LogP contribution in [0.25, 0.3) is 0 Å². The normalized spacial score (nSPS) is 11.5. The predicted molar refractivity (Wildman–Crippen MR) is 60.0 cm³/mol. The standard InChI is InChI=1S/C11H13FN2O3/c1-7(10(15)17-2)13-11(16)14-9-5-3-8(12)4-6-9/h3-7H,1-2H3,(H2,13,14,16)/t7-/m1/s1. The van der Waals surface area contributed by atoms with Gasteiger partial charge in [0, 0.05) is 5.69 Å². The molecule has 0 aliphatic carbocycles. The first kappa shape index (κ1) is 13.0. The highest BCUT2D eigenvalue weighted by Gasteiger charge is 2.15. The molecule has 1 rings (SSSR count). The summed E-state index contributed by atoms with van der Waals surface area (Å²) < 4.78 is 17.0. The van der Waals surface area contributed by atoms with E-state index in [9.17, 15) is 14.0 Å². The SMILES string of the molecule is COC(=O)[C@@H](C)NC(=O)Nc1ccc(F)cc1. The number of urea groups is 1. The second-order valence-electron chi connectivity index (χ2n) is 3.35. The van der Waals surface area contributed by atoms with Gasteiger partial charge in [-0.3, -0.25) is 0 Å². The number of rotatable bonds is 3. The molecule has 2 N–H and O–H groups in total. The Bertz CT molecular complexity index is 406. The number of carbonyl (C=O) groups is 2. The maximum Gasteiger partial charge on any atom is 0.328 e. The summed E-state index contributed by atoms with van der Waals surface area (Å²) in [4.78, 5) is 22.4. The molecular weight excluding hydrogens is 227 g/mol. The lowest BCUT2D eigenvalue weighted by atomic mass is 10.3. The number of benzene rings is 1. The van der Waals surface area contributed by atoms with Gasteiger partial charge in [-0.05, 0) is 31.2 Å². The number of nitrogens with one attached hydrogen (secondary N) is 2. The molecule has 17 heavy (non-hydrogen) atoms. The van der Waals surface area contributed by atoms with Crippen LogP contribution in [0.4, 0.5) is 14.9 Å². The summed E-state index contributed by atoms with van der Waals surface area (Å²) in [6.45, 7) is 1.50. The molecule has 0 heterocycles. The van der Waals surface area contributed by atoms with Gasteiger partial charge in [0.15, 0.2) is 0 Å². The number of hydrogen-bond acceptors (Lipinski definition) is 3. The van der Waals surface area contributed by atoms with Crippen molar-refractivity contribution in [2.45, 2.75) is 13.0 Å². The fourth-order valence-electron chi connectivity index (χ4n) is 1.13. The summed E-state index contributed by atoms with van der Waals surface area (Å²) >= 11 is 0. The molecule has 0 spiro atoms. The summed E-state index contributed by atoms with van der Waals surface area (Å²) in [6, 6.07) is 3.96. The first-order chi connectivity index (χ1) is 8.02. The highest BCUT2D eigenvalue weighted by molar-refractivity contribution is 5.92. The summed E-state index contributed by atoms with van der Waals surface area (Å²) in [5, 5.41) is 4.83. The zero-order chi connectivity index (χ0) is 12.8. The number of carbonyl (C=O) groups excluding carboxylic acids is 2. The number of hydrogen-bond donors (Lipinski definition) is 2. The first-order valence-corrected chi connectivity index (χ1v) is 4.94. The zero-order valence-corrected chi connectivity index (χ0v) is 9.49. The van der Waals surface area contributed by atoms with Gasteiger partial charge >= 0.3 is 12.0 Å². The smallest absolute Gasteiger partial charge is 0.328 e. The maximum absolute atomic E-state index is 12.6. The Morgan fingerprint density at radius 3 is 2.41 bits per heavy atom. The molecule has 0 aliphatic heterocycles. The van der Waals surface area contributed by atoms with Crippen molar-refractivity contribution in [3.05, 3.63) is 30.1 Å². The van der Waals surface area contributed by atoms with Gasteiger partial charge in [-0.2, -0.15) is 0 Å². The highest BCUT2D eigenvalue weighted by Crippen LogP contribution is 2.07. The molecule has 0 aromatic heterocycles. The third kappa shape index (κ3) is 4.10. The molecule has 5 nitrogen and oxygen atoms in total. The van der Waals surface area contributed by atoms with Crippen LogP contribution < -0.4 is 10.6 Å². The van der Waals surface area contributed by atoms with Crippen molar-refractivity contribution < 1.29 is 18.7 Å². The monoisotopic (exact) mass is 240 g/mol. The van der Waals surface area contributed by atoms with Gasteiger partial charge < -0.3 is 15.4 Å². The summed E-state index contributed by atoms with van der Waals surface area (Å²) in [5.74, 6) is -0.932. The van der Waals surface area contributed by atoms with E-state index in [1.807, 2.05) is 0 Å². The number of halogens is 1. The quantitative estimate of drug-likeness (QED) is 0.787. The van der Waals surface area contributed by atoms with Crippen molar-refractivity contribution in [1.82, 2.24) is 5.32 Å². The van der Waals surface area contributed by atoms with Crippen LogP contribution >= 0.6 is 0 Å². The van der Waals surface area contributed by atoms with Crippen LogP contribution in [0, 0.1) is 5.82 Å². The molecule has 6 heteroatoms. The van der Waals surface area contributed by atoms with E-state index in [4.69, 9.17) is 0 Å². The van der Waals surface area contributed by atoms with Gasteiger partial charge in [-0.25, -0.2) is 14.0 Å². The van der Waals surface area contributed by atoms with E-state index >= 15 is 0 Å². The zero-order valence-electron chi connectivity index (χ0n) is 9.49. The molecule has 0 bridgehead atoms. The second-order valence-corrected chi connectivity index (χ2v) is 3.35. The summed E-state index contributed by atoms with van der Waals surface area (Å²) in [6.07, 6.45) is 0. The Hall–Kier alpha value is -2.11. The van der Waals surface area contributed by atoms with Crippen LogP contribution in [0.15, 0.2) is 24.3 Å². The van der Waals surface area contributed by atoms with Crippen molar-refractivity contribution in [3.63, 3.8) is 0 Å². The van der Waals surface area contributed by atoms with Crippen LogP contribution in [-0.4, -0.2) is 25.2 Å². The molecule has 0 saturated carbocycles. The average molecular weight is 240 g/mol. The van der Waals surface area contributed by atoms with E-state index in [1.165, 1.54) is 38.3 Å². The topological polar surface area (TPSA) is 67.4 Å².